The third kappa shape index (κ3) is 4.89. The van der Waals surface area contributed by atoms with Gasteiger partial charge in [-0.2, -0.15) is 0 Å². The second-order valence-electron chi connectivity index (χ2n) is 5.22. The Kier molecular flexibility index (Phi) is 4.55. The van der Waals surface area contributed by atoms with E-state index in [-0.39, 0.29) is 11.4 Å². The molecule has 0 heterocycles. The Balaban J connectivity index is 2.69. The zero-order valence-electron chi connectivity index (χ0n) is 11.0. The first-order valence-corrected chi connectivity index (χ1v) is 5.93. The molecular formula is C14H21NO2. The second kappa shape index (κ2) is 5.71. The third-order valence-electron chi connectivity index (χ3n) is 2.20. The van der Waals surface area contributed by atoms with Gasteiger partial charge in [-0.1, -0.05) is 26.8 Å². The topological polar surface area (TPSA) is 38.3 Å². The van der Waals surface area contributed by atoms with Gasteiger partial charge in [0.15, 0.2) is 0 Å². The van der Waals surface area contributed by atoms with Crippen LogP contribution in [-0.2, 0) is 4.74 Å². The summed E-state index contributed by atoms with van der Waals surface area (Å²) in [5.41, 5.74) is 1.75. The highest BCUT2D eigenvalue weighted by Gasteiger charge is 2.10. The minimum absolute atomic E-state index is 0.208. The van der Waals surface area contributed by atoms with Crippen molar-refractivity contribution in [1.82, 2.24) is 0 Å². The predicted molar refractivity (Wildman–Crippen MR) is 70.3 cm³/mol. The fraction of sp³-hybridized carbons (Fsp3) is 0.500. The molecule has 0 aliphatic rings. The van der Waals surface area contributed by atoms with Crippen molar-refractivity contribution in [1.29, 1.82) is 0 Å². The van der Waals surface area contributed by atoms with Crippen molar-refractivity contribution >= 4 is 11.7 Å². The van der Waals surface area contributed by atoms with E-state index in [2.05, 4.69) is 26.1 Å². The molecule has 0 aliphatic heterocycles. The molecule has 17 heavy (non-hydrogen) atoms. The van der Waals surface area contributed by atoms with E-state index >= 15 is 0 Å². The Labute approximate surface area is 103 Å². The fourth-order valence-corrected chi connectivity index (χ4v) is 1.34. The van der Waals surface area contributed by atoms with Gasteiger partial charge in [-0.05, 0) is 30.5 Å². The monoisotopic (exact) mass is 235 g/mol. The summed E-state index contributed by atoms with van der Waals surface area (Å²) in [4.78, 5) is 11.5. The molecule has 0 spiro atoms. The van der Waals surface area contributed by atoms with Crippen molar-refractivity contribution in [2.75, 3.05) is 18.5 Å². The van der Waals surface area contributed by atoms with Gasteiger partial charge < -0.3 is 10.1 Å². The lowest BCUT2D eigenvalue weighted by Gasteiger charge is -2.19. The van der Waals surface area contributed by atoms with E-state index < -0.39 is 0 Å². The molecule has 1 aromatic rings. The third-order valence-corrected chi connectivity index (χ3v) is 2.20. The molecule has 1 N–H and O–H groups in total. The first-order valence-electron chi connectivity index (χ1n) is 5.93. The summed E-state index contributed by atoms with van der Waals surface area (Å²) in [5.74, 6) is -0.271. The number of carbonyl (C=O) groups is 1. The summed E-state index contributed by atoms with van der Waals surface area (Å²) >= 11 is 0. The molecule has 0 aromatic heterocycles. The highest BCUT2D eigenvalue weighted by Crippen LogP contribution is 2.16. The maximum absolute atomic E-state index is 11.5. The summed E-state index contributed by atoms with van der Waals surface area (Å²) in [6, 6.07) is 7.40. The maximum atomic E-state index is 11.5. The summed E-state index contributed by atoms with van der Waals surface area (Å²) < 4.78 is 4.96. The van der Waals surface area contributed by atoms with Crippen LogP contribution in [0.4, 0.5) is 5.69 Å². The van der Waals surface area contributed by atoms with Gasteiger partial charge in [-0.15, -0.1) is 0 Å². The van der Waals surface area contributed by atoms with Gasteiger partial charge in [0.25, 0.3) is 0 Å². The maximum Gasteiger partial charge on any atom is 0.338 e. The second-order valence-corrected chi connectivity index (χ2v) is 5.22. The molecule has 1 rings (SSSR count). The van der Waals surface area contributed by atoms with Crippen LogP contribution in [0.5, 0.6) is 0 Å². The van der Waals surface area contributed by atoms with Gasteiger partial charge >= 0.3 is 5.97 Å². The number of esters is 1. The van der Waals surface area contributed by atoms with E-state index in [1.807, 2.05) is 18.2 Å². The summed E-state index contributed by atoms with van der Waals surface area (Å²) in [5, 5.41) is 3.31. The standard InChI is InChI=1S/C14H21NO2/c1-5-17-13(16)11-7-6-8-12(9-11)15-10-14(2,3)4/h6-9,15H,5,10H2,1-4H3. The number of hydrogen-bond donors (Lipinski definition) is 1. The molecule has 3 heteroatoms. The Morgan fingerprint density at radius 3 is 2.65 bits per heavy atom. The van der Waals surface area contributed by atoms with E-state index in [0.717, 1.165) is 12.2 Å². The Hall–Kier alpha value is -1.51. The predicted octanol–water partition coefficient (Wildman–Crippen LogP) is 3.32. The molecule has 0 radical (unpaired) electrons. The van der Waals surface area contributed by atoms with Crippen LogP contribution in [0.3, 0.4) is 0 Å². The summed E-state index contributed by atoms with van der Waals surface area (Å²) in [6.07, 6.45) is 0. The van der Waals surface area contributed by atoms with Crippen molar-refractivity contribution in [2.45, 2.75) is 27.7 Å². The van der Waals surface area contributed by atoms with Crippen LogP contribution in [0.2, 0.25) is 0 Å². The van der Waals surface area contributed by atoms with E-state index in [1.54, 1.807) is 13.0 Å². The van der Waals surface area contributed by atoms with Crippen LogP contribution in [0, 0.1) is 5.41 Å². The van der Waals surface area contributed by atoms with Crippen LogP contribution in [0.1, 0.15) is 38.1 Å². The largest absolute Gasteiger partial charge is 0.462 e. The molecular weight excluding hydrogens is 214 g/mol. The lowest BCUT2D eigenvalue weighted by molar-refractivity contribution is 0.0526. The number of hydrogen-bond acceptors (Lipinski definition) is 3. The number of ether oxygens (including phenoxy) is 1. The Morgan fingerprint density at radius 1 is 1.35 bits per heavy atom. The first kappa shape index (κ1) is 13.6. The lowest BCUT2D eigenvalue weighted by atomic mass is 9.97. The quantitative estimate of drug-likeness (QED) is 0.814. The molecule has 0 unspecified atom stereocenters. The molecule has 0 amide bonds. The van der Waals surface area contributed by atoms with Crippen molar-refractivity contribution in [3.05, 3.63) is 29.8 Å². The molecule has 0 saturated carbocycles. The van der Waals surface area contributed by atoms with Crippen molar-refractivity contribution in [3.63, 3.8) is 0 Å². The van der Waals surface area contributed by atoms with Crippen molar-refractivity contribution < 1.29 is 9.53 Å². The Morgan fingerprint density at radius 2 is 2.06 bits per heavy atom. The van der Waals surface area contributed by atoms with Crippen LogP contribution >= 0.6 is 0 Å². The minimum atomic E-state index is -0.271. The van der Waals surface area contributed by atoms with Crippen LogP contribution in [-0.4, -0.2) is 19.1 Å². The molecule has 0 bridgehead atoms. The first-order chi connectivity index (χ1) is 7.92. The van der Waals surface area contributed by atoms with Gasteiger partial charge in [0.05, 0.1) is 12.2 Å². The van der Waals surface area contributed by atoms with Gasteiger partial charge in [0, 0.05) is 12.2 Å². The molecule has 0 aliphatic carbocycles. The molecule has 94 valence electrons. The highest BCUT2D eigenvalue weighted by molar-refractivity contribution is 5.90. The van der Waals surface area contributed by atoms with E-state index in [4.69, 9.17) is 4.74 Å². The minimum Gasteiger partial charge on any atom is -0.462 e. The van der Waals surface area contributed by atoms with E-state index in [0.29, 0.717) is 12.2 Å². The SMILES string of the molecule is CCOC(=O)c1cccc(NCC(C)(C)C)c1. The van der Waals surface area contributed by atoms with Crippen LogP contribution < -0.4 is 5.32 Å². The van der Waals surface area contributed by atoms with E-state index in [9.17, 15) is 4.79 Å². The lowest BCUT2D eigenvalue weighted by Crippen LogP contribution is -2.19. The summed E-state index contributed by atoms with van der Waals surface area (Å²) in [7, 11) is 0. The summed E-state index contributed by atoms with van der Waals surface area (Å²) in [6.45, 7) is 9.55. The molecule has 0 fully saturated rings. The van der Waals surface area contributed by atoms with Gasteiger partial charge in [-0.3, -0.25) is 0 Å². The normalized spacial score (nSPS) is 11.1. The molecule has 0 saturated heterocycles. The zero-order chi connectivity index (χ0) is 12.9. The van der Waals surface area contributed by atoms with Crippen LogP contribution in [0.25, 0.3) is 0 Å². The fourth-order valence-electron chi connectivity index (χ4n) is 1.34. The average Bonchev–Trinajstić information content (AvgIpc) is 2.26. The van der Waals surface area contributed by atoms with Gasteiger partial charge in [-0.25, -0.2) is 4.79 Å². The molecule has 3 nitrogen and oxygen atoms in total. The zero-order valence-corrected chi connectivity index (χ0v) is 11.0. The molecule has 1 aromatic carbocycles. The number of rotatable bonds is 4. The number of nitrogens with one attached hydrogen (secondary N) is 1. The average molecular weight is 235 g/mol. The number of carbonyl (C=O) groups excluding carboxylic acids is 1. The van der Waals surface area contributed by atoms with Crippen LogP contribution in [0.15, 0.2) is 24.3 Å². The van der Waals surface area contributed by atoms with E-state index in [1.165, 1.54) is 0 Å². The smallest absolute Gasteiger partial charge is 0.338 e. The number of benzene rings is 1. The van der Waals surface area contributed by atoms with Gasteiger partial charge in [0.1, 0.15) is 0 Å². The van der Waals surface area contributed by atoms with Gasteiger partial charge in [0.2, 0.25) is 0 Å². The number of anilines is 1. The van der Waals surface area contributed by atoms with Crippen molar-refractivity contribution in [3.8, 4) is 0 Å². The highest BCUT2D eigenvalue weighted by atomic mass is 16.5. The van der Waals surface area contributed by atoms with Crippen molar-refractivity contribution in [2.24, 2.45) is 5.41 Å². The molecule has 0 atom stereocenters. The Bertz CT molecular complexity index is 380.